The van der Waals surface area contributed by atoms with Crippen molar-refractivity contribution in [3.63, 3.8) is 0 Å². The van der Waals surface area contributed by atoms with E-state index in [2.05, 4.69) is 43.2 Å². The van der Waals surface area contributed by atoms with Crippen molar-refractivity contribution in [2.24, 2.45) is 10.9 Å². The summed E-state index contributed by atoms with van der Waals surface area (Å²) in [5.74, 6) is 1.57. The predicted octanol–water partition coefficient (Wildman–Crippen LogP) is 1.32. The number of rotatable bonds is 10. The van der Waals surface area contributed by atoms with E-state index >= 15 is 0 Å². The van der Waals surface area contributed by atoms with Crippen molar-refractivity contribution in [1.29, 1.82) is 0 Å². The van der Waals surface area contributed by atoms with Gasteiger partial charge in [0.15, 0.2) is 5.96 Å². The minimum Gasteiger partial charge on any atom is -0.380 e. The van der Waals surface area contributed by atoms with Crippen molar-refractivity contribution in [1.82, 2.24) is 15.5 Å². The average molecular weight is 329 g/mol. The van der Waals surface area contributed by atoms with Crippen LogP contribution < -0.4 is 10.6 Å². The fraction of sp³-hybridized carbons (Fsp3) is 0.941. The summed E-state index contributed by atoms with van der Waals surface area (Å²) in [6.45, 7) is 16.4. The second-order valence-corrected chi connectivity index (χ2v) is 6.44. The molecule has 1 fully saturated rings. The average Bonchev–Trinajstić information content (AvgIpc) is 2.55. The number of nitrogens with one attached hydrogen (secondary N) is 2. The minimum atomic E-state index is 0.441. The van der Waals surface area contributed by atoms with E-state index < -0.39 is 0 Å². The molecule has 0 bridgehead atoms. The molecule has 0 radical (unpaired) electrons. The molecule has 0 amide bonds. The predicted molar refractivity (Wildman–Crippen MR) is 96.1 cm³/mol. The van der Waals surface area contributed by atoms with Crippen LogP contribution in [0.5, 0.6) is 0 Å². The Kier molecular flexibility index (Phi) is 11.0. The molecule has 0 spiro atoms. The smallest absolute Gasteiger partial charge is 0.191 e. The van der Waals surface area contributed by atoms with Gasteiger partial charge in [0.1, 0.15) is 0 Å². The number of hydrogen-bond donors (Lipinski definition) is 2. The van der Waals surface area contributed by atoms with Crippen LogP contribution in [-0.4, -0.2) is 76.1 Å². The van der Waals surface area contributed by atoms with Crippen LogP contribution in [0.25, 0.3) is 0 Å². The van der Waals surface area contributed by atoms with Crippen molar-refractivity contribution in [3.05, 3.63) is 0 Å². The molecule has 1 heterocycles. The molecule has 136 valence electrons. The Morgan fingerprint density at radius 3 is 2.57 bits per heavy atom. The largest absolute Gasteiger partial charge is 0.380 e. The first-order chi connectivity index (χ1) is 11.1. The molecule has 0 saturated carbocycles. The standard InChI is InChI=1S/C17H36N4O2/c1-5-18-17(19-7-11-22-10-6-15(2)3)20-14-16(4)21-8-12-23-13-9-21/h15-16H,5-14H2,1-4H3,(H2,18,19,20). The maximum atomic E-state index is 5.63. The highest BCUT2D eigenvalue weighted by Crippen LogP contribution is 2.03. The molecule has 0 aromatic rings. The van der Waals surface area contributed by atoms with Crippen LogP contribution in [0.2, 0.25) is 0 Å². The fourth-order valence-corrected chi connectivity index (χ4v) is 2.36. The van der Waals surface area contributed by atoms with Gasteiger partial charge in [0.25, 0.3) is 0 Å². The number of hydrogen-bond acceptors (Lipinski definition) is 4. The summed E-state index contributed by atoms with van der Waals surface area (Å²) < 4.78 is 11.0. The van der Waals surface area contributed by atoms with Crippen LogP contribution in [-0.2, 0) is 9.47 Å². The number of guanidine groups is 1. The third-order valence-electron chi connectivity index (χ3n) is 3.91. The fourth-order valence-electron chi connectivity index (χ4n) is 2.36. The summed E-state index contributed by atoms with van der Waals surface area (Å²) in [4.78, 5) is 7.13. The van der Waals surface area contributed by atoms with Crippen LogP contribution >= 0.6 is 0 Å². The maximum absolute atomic E-state index is 5.63. The van der Waals surface area contributed by atoms with E-state index in [-0.39, 0.29) is 0 Å². The van der Waals surface area contributed by atoms with Crippen LogP contribution in [0, 0.1) is 5.92 Å². The highest BCUT2D eigenvalue weighted by molar-refractivity contribution is 5.79. The molecule has 1 atom stereocenters. The minimum absolute atomic E-state index is 0.441. The second kappa shape index (κ2) is 12.6. The number of aliphatic imine (C=N–C) groups is 1. The zero-order valence-corrected chi connectivity index (χ0v) is 15.4. The molecule has 1 rings (SSSR count). The van der Waals surface area contributed by atoms with Crippen LogP contribution in [0.15, 0.2) is 4.99 Å². The summed E-state index contributed by atoms with van der Waals surface area (Å²) in [7, 11) is 0. The van der Waals surface area contributed by atoms with Gasteiger partial charge in [-0.05, 0) is 26.2 Å². The highest BCUT2D eigenvalue weighted by Gasteiger charge is 2.16. The summed E-state index contributed by atoms with van der Waals surface area (Å²) in [6.07, 6.45) is 1.12. The van der Waals surface area contributed by atoms with Gasteiger partial charge in [0.05, 0.1) is 26.4 Å². The lowest BCUT2D eigenvalue weighted by Gasteiger charge is -2.31. The monoisotopic (exact) mass is 328 g/mol. The lowest BCUT2D eigenvalue weighted by Crippen LogP contribution is -2.44. The van der Waals surface area contributed by atoms with E-state index in [1.165, 1.54) is 0 Å². The van der Waals surface area contributed by atoms with Crippen molar-refractivity contribution in [3.8, 4) is 0 Å². The first kappa shape index (κ1) is 20.2. The Hall–Kier alpha value is -0.850. The molecule has 23 heavy (non-hydrogen) atoms. The van der Waals surface area contributed by atoms with Crippen molar-refractivity contribution in [2.45, 2.75) is 40.2 Å². The molecule has 0 aliphatic carbocycles. The Balaban J connectivity index is 2.23. The van der Waals surface area contributed by atoms with E-state index in [1.54, 1.807) is 0 Å². The summed E-state index contributed by atoms with van der Waals surface area (Å²) in [5.41, 5.74) is 0. The molecule has 1 aliphatic heterocycles. The second-order valence-electron chi connectivity index (χ2n) is 6.44. The van der Waals surface area contributed by atoms with Crippen LogP contribution in [0.3, 0.4) is 0 Å². The van der Waals surface area contributed by atoms with Gasteiger partial charge < -0.3 is 20.1 Å². The zero-order chi connectivity index (χ0) is 16.9. The molecule has 1 aliphatic rings. The SMILES string of the molecule is CCNC(=NCC(C)N1CCOCC1)NCCOCCC(C)C. The van der Waals surface area contributed by atoms with Gasteiger partial charge in [-0.25, -0.2) is 0 Å². The van der Waals surface area contributed by atoms with Crippen molar-refractivity contribution in [2.75, 3.05) is 59.2 Å². The van der Waals surface area contributed by atoms with Crippen molar-refractivity contribution >= 4 is 5.96 Å². The Morgan fingerprint density at radius 1 is 1.17 bits per heavy atom. The van der Waals surface area contributed by atoms with E-state index in [1.807, 2.05) is 0 Å². The van der Waals surface area contributed by atoms with E-state index in [0.29, 0.717) is 12.0 Å². The molecule has 6 heteroatoms. The molecular weight excluding hydrogens is 292 g/mol. The van der Waals surface area contributed by atoms with Gasteiger partial charge in [-0.2, -0.15) is 0 Å². The van der Waals surface area contributed by atoms with Gasteiger partial charge in [0, 0.05) is 38.8 Å². The first-order valence-corrected chi connectivity index (χ1v) is 9.05. The summed E-state index contributed by atoms with van der Waals surface area (Å²) in [6, 6.07) is 0.441. The molecule has 1 saturated heterocycles. The van der Waals surface area contributed by atoms with Crippen molar-refractivity contribution < 1.29 is 9.47 Å². The maximum Gasteiger partial charge on any atom is 0.191 e. The molecule has 2 N–H and O–H groups in total. The topological polar surface area (TPSA) is 58.1 Å². The summed E-state index contributed by atoms with van der Waals surface area (Å²) in [5, 5.41) is 6.63. The summed E-state index contributed by atoms with van der Waals surface area (Å²) >= 11 is 0. The number of ether oxygens (including phenoxy) is 2. The van der Waals surface area contributed by atoms with E-state index in [0.717, 1.165) is 71.5 Å². The molecule has 6 nitrogen and oxygen atoms in total. The Morgan fingerprint density at radius 2 is 1.91 bits per heavy atom. The molecule has 1 unspecified atom stereocenters. The number of morpholine rings is 1. The van der Waals surface area contributed by atoms with Gasteiger partial charge in [0.2, 0.25) is 0 Å². The normalized spacial score (nSPS) is 18.2. The molecular formula is C17H36N4O2. The van der Waals surface area contributed by atoms with Gasteiger partial charge in [-0.15, -0.1) is 0 Å². The third-order valence-corrected chi connectivity index (χ3v) is 3.91. The molecule has 0 aromatic heterocycles. The lowest BCUT2D eigenvalue weighted by atomic mass is 10.1. The third kappa shape index (κ3) is 9.79. The number of nitrogens with zero attached hydrogens (tertiary/aromatic N) is 2. The lowest BCUT2D eigenvalue weighted by molar-refractivity contribution is 0.0220. The van der Waals surface area contributed by atoms with Crippen LogP contribution in [0.1, 0.15) is 34.1 Å². The van der Waals surface area contributed by atoms with Gasteiger partial charge >= 0.3 is 0 Å². The van der Waals surface area contributed by atoms with Crippen LogP contribution in [0.4, 0.5) is 0 Å². The quantitative estimate of drug-likeness (QED) is 0.360. The Bertz CT molecular complexity index is 318. The zero-order valence-electron chi connectivity index (χ0n) is 15.4. The highest BCUT2D eigenvalue weighted by atomic mass is 16.5. The van der Waals surface area contributed by atoms with Gasteiger partial charge in [-0.1, -0.05) is 13.8 Å². The molecule has 0 aromatic carbocycles. The van der Waals surface area contributed by atoms with E-state index in [9.17, 15) is 0 Å². The van der Waals surface area contributed by atoms with E-state index in [4.69, 9.17) is 14.5 Å². The first-order valence-electron chi connectivity index (χ1n) is 9.05. The Labute approximate surface area is 142 Å². The van der Waals surface area contributed by atoms with Gasteiger partial charge in [-0.3, -0.25) is 9.89 Å².